The molecule has 0 amide bonds. The number of hydrogen-bond donors (Lipinski definition) is 2. The van der Waals surface area contributed by atoms with Gasteiger partial charge in [0.25, 0.3) is 0 Å². The second-order valence-electron chi connectivity index (χ2n) is 6.83. The molecule has 0 saturated carbocycles. The minimum Gasteiger partial charge on any atom is -0.478 e. The Balaban J connectivity index is 1.60. The van der Waals surface area contributed by atoms with Gasteiger partial charge in [-0.1, -0.05) is 18.2 Å². The predicted molar refractivity (Wildman–Crippen MR) is 100 cm³/mol. The Kier molecular flexibility index (Phi) is 4.68. The first kappa shape index (κ1) is 17.4. The highest BCUT2D eigenvalue weighted by Crippen LogP contribution is 2.33. The maximum atomic E-state index is 11.5. The number of aryl methyl sites for hydroxylation is 1. The summed E-state index contributed by atoms with van der Waals surface area (Å²) in [6, 6.07) is 7.30. The lowest BCUT2D eigenvalue weighted by atomic mass is 10.1. The first-order valence-corrected chi connectivity index (χ1v) is 9.01. The number of H-pyrrole nitrogens is 1. The molecule has 1 saturated heterocycles. The number of carbonyl (C=O) groups is 1. The van der Waals surface area contributed by atoms with E-state index in [9.17, 15) is 9.90 Å². The fourth-order valence-corrected chi connectivity index (χ4v) is 3.63. The summed E-state index contributed by atoms with van der Waals surface area (Å²) in [4.78, 5) is 30.4. The summed E-state index contributed by atoms with van der Waals surface area (Å²) in [6.45, 7) is 3.44. The summed E-state index contributed by atoms with van der Waals surface area (Å²) < 4.78 is 0. The van der Waals surface area contributed by atoms with Gasteiger partial charge in [0, 0.05) is 18.4 Å². The number of hydrogen-bond acceptors (Lipinski definition) is 5. The summed E-state index contributed by atoms with van der Waals surface area (Å²) in [5.74, 6) is -0.182. The van der Waals surface area contributed by atoms with Gasteiger partial charge in [0.2, 0.25) is 0 Å². The van der Waals surface area contributed by atoms with Gasteiger partial charge in [0.15, 0.2) is 5.82 Å². The van der Waals surface area contributed by atoms with Gasteiger partial charge in [-0.25, -0.2) is 14.8 Å². The molecular formula is C20H21N5O2. The number of likely N-dealkylation sites (tertiary alicyclic amines) is 1. The van der Waals surface area contributed by atoms with Crippen molar-refractivity contribution in [3.63, 3.8) is 0 Å². The van der Waals surface area contributed by atoms with Crippen LogP contribution in [0.4, 0.5) is 0 Å². The fraction of sp³-hybridized carbons (Fsp3) is 0.300. The highest BCUT2D eigenvalue weighted by Gasteiger charge is 2.28. The number of benzene rings is 1. The van der Waals surface area contributed by atoms with E-state index >= 15 is 0 Å². The molecule has 0 aliphatic carbocycles. The molecule has 3 aromatic rings. The van der Waals surface area contributed by atoms with Crippen LogP contribution in [0.25, 0.3) is 11.5 Å². The number of aromatic amines is 1. The van der Waals surface area contributed by atoms with Crippen molar-refractivity contribution in [1.82, 2.24) is 24.8 Å². The van der Waals surface area contributed by atoms with Crippen molar-refractivity contribution in [2.45, 2.75) is 32.4 Å². The first-order chi connectivity index (χ1) is 13.1. The molecule has 2 N–H and O–H groups in total. The smallest absolute Gasteiger partial charge is 0.336 e. The van der Waals surface area contributed by atoms with E-state index in [1.807, 2.05) is 19.1 Å². The van der Waals surface area contributed by atoms with Crippen LogP contribution in [0.1, 0.15) is 46.2 Å². The number of rotatable bonds is 5. The standard InChI is InChI=1S/C20H21N5O2/c1-13-9-22-19(23-13)17-11-21-10-16(24-17)18-7-4-8-25(18)12-14-5-2-3-6-15(14)20(26)27/h2-3,5-6,9-11,18H,4,7-8,12H2,1H3,(H,22,23)(H,26,27). The molecule has 3 heterocycles. The Morgan fingerprint density at radius 2 is 2.15 bits per heavy atom. The SMILES string of the molecule is Cc1cnc(-c2cncc(C3CCCN3Cc3ccccc3C(=O)O)n2)[nH]1. The lowest BCUT2D eigenvalue weighted by molar-refractivity contribution is 0.0694. The third-order valence-corrected chi connectivity index (χ3v) is 4.92. The van der Waals surface area contributed by atoms with Crippen LogP contribution in [0.15, 0.2) is 42.9 Å². The molecule has 1 atom stereocenters. The molecule has 0 radical (unpaired) electrons. The number of nitrogens with one attached hydrogen (secondary N) is 1. The Morgan fingerprint density at radius 3 is 2.93 bits per heavy atom. The minimum absolute atomic E-state index is 0.121. The summed E-state index contributed by atoms with van der Waals surface area (Å²) in [6.07, 6.45) is 7.30. The van der Waals surface area contributed by atoms with Crippen molar-refractivity contribution < 1.29 is 9.90 Å². The molecule has 0 bridgehead atoms. The van der Waals surface area contributed by atoms with Crippen LogP contribution in [0.3, 0.4) is 0 Å². The van der Waals surface area contributed by atoms with Gasteiger partial charge >= 0.3 is 5.97 Å². The first-order valence-electron chi connectivity index (χ1n) is 9.01. The number of aromatic nitrogens is 4. The normalized spacial score (nSPS) is 17.3. The monoisotopic (exact) mass is 363 g/mol. The fourth-order valence-electron chi connectivity index (χ4n) is 3.63. The van der Waals surface area contributed by atoms with Crippen molar-refractivity contribution in [1.29, 1.82) is 0 Å². The van der Waals surface area contributed by atoms with E-state index in [1.165, 1.54) is 0 Å². The number of carboxylic acids is 1. The van der Waals surface area contributed by atoms with E-state index in [1.54, 1.807) is 30.7 Å². The maximum absolute atomic E-state index is 11.5. The Hall–Kier alpha value is -3.06. The zero-order valence-electron chi connectivity index (χ0n) is 15.1. The zero-order valence-corrected chi connectivity index (χ0v) is 15.1. The molecular weight excluding hydrogens is 342 g/mol. The molecule has 2 aromatic heterocycles. The van der Waals surface area contributed by atoms with Crippen LogP contribution in [-0.2, 0) is 6.54 Å². The van der Waals surface area contributed by atoms with Crippen molar-refractivity contribution in [3.05, 3.63) is 65.4 Å². The Morgan fingerprint density at radius 1 is 1.30 bits per heavy atom. The van der Waals surface area contributed by atoms with Crippen LogP contribution < -0.4 is 0 Å². The topological polar surface area (TPSA) is 95.0 Å². The third kappa shape index (κ3) is 3.59. The number of carboxylic acid groups (broad SMARTS) is 1. The van der Waals surface area contributed by atoms with Gasteiger partial charge in [-0.3, -0.25) is 9.88 Å². The molecule has 27 heavy (non-hydrogen) atoms. The van der Waals surface area contributed by atoms with Gasteiger partial charge in [-0.2, -0.15) is 0 Å². The summed E-state index contributed by atoms with van der Waals surface area (Å²) in [5, 5.41) is 9.44. The lowest BCUT2D eigenvalue weighted by Crippen LogP contribution is -2.24. The van der Waals surface area contributed by atoms with Crippen LogP contribution in [-0.4, -0.2) is 42.5 Å². The molecule has 1 aromatic carbocycles. The second-order valence-corrected chi connectivity index (χ2v) is 6.83. The molecule has 7 heteroatoms. The van der Waals surface area contributed by atoms with Crippen LogP contribution >= 0.6 is 0 Å². The molecule has 0 spiro atoms. The average Bonchev–Trinajstić information content (AvgIpc) is 3.31. The summed E-state index contributed by atoms with van der Waals surface area (Å²) in [7, 11) is 0. The van der Waals surface area contributed by atoms with E-state index in [2.05, 4.69) is 19.9 Å². The molecule has 7 nitrogen and oxygen atoms in total. The van der Waals surface area contributed by atoms with Crippen LogP contribution in [0.2, 0.25) is 0 Å². The number of imidazole rings is 1. The van der Waals surface area contributed by atoms with Gasteiger partial charge in [-0.05, 0) is 37.9 Å². The van der Waals surface area contributed by atoms with Gasteiger partial charge in [0.1, 0.15) is 5.69 Å². The van der Waals surface area contributed by atoms with Crippen molar-refractivity contribution >= 4 is 5.97 Å². The van der Waals surface area contributed by atoms with E-state index in [0.29, 0.717) is 17.9 Å². The van der Waals surface area contributed by atoms with E-state index in [4.69, 9.17) is 4.98 Å². The molecule has 1 aliphatic rings. The van der Waals surface area contributed by atoms with Gasteiger partial charge in [0.05, 0.1) is 29.7 Å². The Labute approximate surface area is 157 Å². The molecule has 1 aliphatic heterocycles. The molecule has 1 unspecified atom stereocenters. The van der Waals surface area contributed by atoms with Crippen LogP contribution in [0, 0.1) is 6.92 Å². The highest BCUT2D eigenvalue weighted by atomic mass is 16.4. The van der Waals surface area contributed by atoms with E-state index < -0.39 is 5.97 Å². The molecule has 4 rings (SSSR count). The average molecular weight is 363 g/mol. The summed E-state index contributed by atoms with van der Waals surface area (Å²) >= 11 is 0. The predicted octanol–water partition coefficient (Wildman–Crippen LogP) is 3.21. The second kappa shape index (κ2) is 7.28. The largest absolute Gasteiger partial charge is 0.478 e. The number of aromatic carboxylic acids is 1. The maximum Gasteiger partial charge on any atom is 0.336 e. The van der Waals surface area contributed by atoms with Gasteiger partial charge < -0.3 is 10.1 Å². The summed E-state index contributed by atoms with van der Waals surface area (Å²) in [5.41, 5.74) is 3.77. The Bertz CT molecular complexity index is 968. The van der Waals surface area contributed by atoms with Crippen molar-refractivity contribution in [2.75, 3.05) is 6.54 Å². The zero-order chi connectivity index (χ0) is 18.8. The van der Waals surface area contributed by atoms with Crippen molar-refractivity contribution in [2.24, 2.45) is 0 Å². The lowest BCUT2D eigenvalue weighted by Gasteiger charge is -2.24. The quantitative estimate of drug-likeness (QED) is 0.723. The van der Waals surface area contributed by atoms with Crippen LogP contribution in [0.5, 0.6) is 0 Å². The van der Waals surface area contributed by atoms with E-state index in [-0.39, 0.29) is 6.04 Å². The van der Waals surface area contributed by atoms with E-state index in [0.717, 1.165) is 42.0 Å². The molecule has 1 fully saturated rings. The minimum atomic E-state index is -0.892. The number of nitrogens with zero attached hydrogens (tertiary/aromatic N) is 4. The van der Waals surface area contributed by atoms with Crippen molar-refractivity contribution in [3.8, 4) is 11.5 Å². The molecule has 138 valence electrons. The van der Waals surface area contributed by atoms with Gasteiger partial charge in [-0.15, -0.1) is 0 Å². The third-order valence-electron chi connectivity index (χ3n) is 4.92. The highest BCUT2D eigenvalue weighted by molar-refractivity contribution is 5.89.